The molecular weight excluding hydrogens is 238 g/mol. The van der Waals surface area contributed by atoms with Gasteiger partial charge in [-0.1, -0.05) is 11.6 Å². The van der Waals surface area contributed by atoms with Crippen LogP contribution in [0.5, 0.6) is 0 Å². The molecule has 3 nitrogen and oxygen atoms in total. The van der Waals surface area contributed by atoms with Gasteiger partial charge < -0.3 is 9.64 Å². The molecule has 4 heteroatoms. The number of halogens is 1. The lowest BCUT2D eigenvalue weighted by Crippen LogP contribution is -2.30. The fourth-order valence-corrected chi connectivity index (χ4v) is 2.37. The van der Waals surface area contributed by atoms with Crippen molar-refractivity contribution in [1.82, 2.24) is 0 Å². The minimum absolute atomic E-state index is 0.208. The molecule has 0 aromatic heterocycles. The SMILES string of the molecule is CC1CN(c2ccc(C=O)cc2Cl)CCCO1. The lowest BCUT2D eigenvalue weighted by atomic mass is 10.2. The summed E-state index contributed by atoms with van der Waals surface area (Å²) in [6.07, 6.45) is 2.01. The number of hydrogen-bond donors (Lipinski definition) is 0. The van der Waals surface area contributed by atoms with E-state index in [0.717, 1.165) is 38.1 Å². The maximum atomic E-state index is 10.7. The van der Waals surface area contributed by atoms with Crippen LogP contribution in [0.4, 0.5) is 5.69 Å². The van der Waals surface area contributed by atoms with Gasteiger partial charge in [-0.05, 0) is 31.5 Å². The first kappa shape index (κ1) is 12.4. The normalized spacial score (nSPS) is 21.1. The summed E-state index contributed by atoms with van der Waals surface area (Å²) in [6, 6.07) is 5.41. The number of aldehydes is 1. The molecule has 0 amide bonds. The highest BCUT2D eigenvalue weighted by atomic mass is 35.5. The molecule has 1 fully saturated rings. The second-order valence-electron chi connectivity index (χ2n) is 4.31. The standard InChI is InChI=1S/C13H16ClNO2/c1-10-8-15(5-2-6-17-10)13-4-3-11(9-16)7-12(13)14/h3-4,7,9-10H,2,5-6,8H2,1H3. The van der Waals surface area contributed by atoms with Crippen LogP contribution < -0.4 is 4.90 Å². The Labute approximate surface area is 106 Å². The van der Waals surface area contributed by atoms with Gasteiger partial charge in [-0.2, -0.15) is 0 Å². The molecule has 0 saturated carbocycles. The quantitative estimate of drug-likeness (QED) is 0.759. The maximum Gasteiger partial charge on any atom is 0.150 e. The van der Waals surface area contributed by atoms with Crippen LogP contribution in [0.25, 0.3) is 0 Å². The first-order valence-corrected chi connectivity index (χ1v) is 6.20. The molecule has 17 heavy (non-hydrogen) atoms. The molecule has 1 aromatic rings. The van der Waals surface area contributed by atoms with Gasteiger partial charge in [0.05, 0.1) is 16.8 Å². The van der Waals surface area contributed by atoms with Crippen molar-refractivity contribution < 1.29 is 9.53 Å². The van der Waals surface area contributed by atoms with Gasteiger partial charge in [-0.3, -0.25) is 4.79 Å². The van der Waals surface area contributed by atoms with E-state index in [1.54, 1.807) is 12.1 Å². The highest BCUT2D eigenvalue weighted by Crippen LogP contribution is 2.27. The molecule has 1 aliphatic rings. The Balaban J connectivity index is 2.23. The molecular formula is C13H16ClNO2. The van der Waals surface area contributed by atoms with Gasteiger partial charge in [0, 0.05) is 25.3 Å². The smallest absolute Gasteiger partial charge is 0.150 e. The zero-order chi connectivity index (χ0) is 12.3. The largest absolute Gasteiger partial charge is 0.377 e. The van der Waals surface area contributed by atoms with Crippen molar-refractivity contribution in [3.63, 3.8) is 0 Å². The van der Waals surface area contributed by atoms with E-state index in [-0.39, 0.29) is 6.10 Å². The van der Waals surface area contributed by atoms with Gasteiger partial charge in [0.15, 0.2) is 0 Å². The number of hydrogen-bond acceptors (Lipinski definition) is 3. The number of carbonyl (C=O) groups is 1. The van der Waals surface area contributed by atoms with Crippen molar-refractivity contribution in [3.05, 3.63) is 28.8 Å². The molecule has 0 bridgehead atoms. The molecule has 1 saturated heterocycles. The van der Waals surface area contributed by atoms with Crippen LogP contribution in [0, 0.1) is 0 Å². The van der Waals surface area contributed by atoms with Gasteiger partial charge in [0.2, 0.25) is 0 Å². The number of nitrogens with zero attached hydrogens (tertiary/aromatic N) is 1. The second kappa shape index (κ2) is 5.52. The van der Waals surface area contributed by atoms with Crippen LogP contribution in [0.2, 0.25) is 5.02 Å². The Kier molecular flexibility index (Phi) is 4.02. The van der Waals surface area contributed by atoms with Crippen molar-refractivity contribution in [2.45, 2.75) is 19.4 Å². The second-order valence-corrected chi connectivity index (χ2v) is 4.72. The van der Waals surface area contributed by atoms with Gasteiger partial charge in [-0.15, -0.1) is 0 Å². The van der Waals surface area contributed by atoms with E-state index in [9.17, 15) is 4.79 Å². The summed E-state index contributed by atoms with van der Waals surface area (Å²) >= 11 is 6.20. The third-order valence-electron chi connectivity index (χ3n) is 2.90. The van der Waals surface area contributed by atoms with Crippen LogP contribution in [0.3, 0.4) is 0 Å². The van der Waals surface area contributed by atoms with E-state index in [4.69, 9.17) is 16.3 Å². The van der Waals surface area contributed by atoms with Crippen molar-refractivity contribution in [3.8, 4) is 0 Å². The Morgan fingerprint density at radius 1 is 1.53 bits per heavy atom. The van der Waals surface area contributed by atoms with Crippen molar-refractivity contribution in [2.75, 3.05) is 24.6 Å². The van der Waals surface area contributed by atoms with Gasteiger partial charge >= 0.3 is 0 Å². The molecule has 1 heterocycles. The monoisotopic (exact) mass is 253 g/mol. The first-order valence-electron chi connectivity index (χ1n) is 5.82. The summed E-state index contributed by atoms with van der Waals surface area (Å²) in [5.74, 6) is 0. The molecule has 92 valence electrons. The highest BCUT2D eigenvalue weighted by molar-refractivity contribution is 6.33. The van der Waals surface area contributed by atoms with E-state index in [1.165, 1.54) is 0 Å². The Hall–Kier alpha value is -1.06. The minimum Gasteiger partial charge on any atom is -0.377 e. The van der Waals surface area contributed by atoms with Crippen LogP contribution in [0.15, 0.2) is 18.2 Å². The zero-order valence-corrected chi connectivity index (χ0v) is 10.6. The van der Waals surface area contributed by atoms with Crippen molar-refractivity contribution in [1.29, 1.82) is 0 Å². The summed E-state index contributed by atoms with van der Waals surface area (Å²) in [7, 11) is 0. The fourth-order valence-electron chi connectivity index (χ4n) is 2.07. The van der Waals surface area contributed by atoms with E-state index in [0.29, 0.717) is 10.6 Å². The average Bonchev–Trinajstić information content (AvgIpc) is 2.53. The third kappa shape index (κ3) is 2.99. The molecule has 0 spiro atoms. The van der Waals surface area contributed by atoms with E-state index in [2.05, 4.69) is 11.8 Å². The van der Waals surface area contributed by atoms with Crippen LogP contribution >= 0.6 is 11.6 Å². The first-order chi connectivity index (χ1) is 8.20. The molecule has 0 radical (unpaired) electrons. The number of ether oxygens (including phenoxy) is 1. The summed E-state index contributed by atoms with van der Waals surface area (Å²) in [5.41, 5.74) is 1.59. The highest BCUT2D eigenvalue weighted by Gasteiger charge is 2.17. The molecule has 0 N–H and O–H groups in total. The predicted molar refractivity (Wildman–Crippen MR) is 69.1 cm³/mol. The fraction of sp³-hybridized carbons (Fsp3) is 0.462. The van der Waals surface area contributed by atoms with Gasteiger partial charge in [0.25, 0.3) is 0 Å². The lowest BCUT2D eigenvalue weighted by molar-refractivity contribution is 0.0821. The lowest BCUT2D eigenvalue weighted by Gasteiger charge is -2.25. The number of anilines is 1. The molecule has 1 aromatic carbocycles. The van der Waals surface area contributed by atoms with E-state index >= 15 is 0 Å². The van der Waals surface area contributed by atoms with Crippen molar-refractivity contribution in [2.24, 2.45) is 0 Å². The summed E-state index contributed by atoms with van der Waals surface area (Å²) in [5, 5.41) is 0.628. The molecule has 0 aliphatic carbocycles. The predicted octanol–water partition coefficient (Wildman–Crippen LogP) is 2.77. The summed E-state index contributed by atoms with van der Waals surface area (Å²) < 4.78 is 5.60. The Morgan fingerprint density at radius 2 is 2.35 bits per heavy atom. The summed E-state index contributed by atoms with van der Waals surface area (Å²) in [4.78, 5) is 12.9. The van der Waals surface area contributed by atoms with Gasteiger partial charge in [-0.25, -0.2) is 0 Å². The third-order valence-corrected chi connectivity index (χ3v) is 3.20. The Morgan fingerprint density at radius 3 is 3.06 bits per heavy atom. The van der Waals surface area contributed by atoms with Gasteiger partial charge in [0.1, 0.15) is 6.29 Å². The molecule has 1 unspecified atom stereocenters. The minimum atomic E-state index is 0.208. The topological polar surface area (TPSA) is 29.5 Å². The van der Waals surface area contributed by atoms with Crippen molar-refractivity contribution >= 4 is 23.6 Å². The van der Waals surface area contributed by atoms with Crippen LogP contribution in [-0.4, -0.2) is 32.1 Å². The molecule has 1 aliphatic heterocycles. The summed E-state index contributed by atoms with van der Waals surface area (Å²) in [6.45, 7) is 4.62. The molecule has 1 atom stereocenters. The average molecular weight is 254 g/mol. The Bertz CT molecular complexity index is 408. The molecule has 2 rings (SSSR count). The maximum absolute atomic E-state index is 10.7. The van der Waals surface area contributed by atoms with E-state index < -0.39 is 0 Å². The number of carbonyl (C=O) groups excluding carboxylic acids is 1. The number of rotatable bonds is 2. The zero-order valence-electron chi connectivity index (χ0n) is 9.86. The van der Waals surface area contributed by atoms with Crippen LogP contribution in [0.1, 0.15) is 23.7 Å². The van der Waals surface area contributed by atoms with Crippen LogP contribution in [-0.2, 0) is 4.74 Å². The number of benzene rings is 1. The van der Waals surface area contributed by atoms with E-state index in [1.807, 2.05) is 6.07 Å².